The minimum absolute atomic E-state index is 0. The van der Waals surface area contributed by atoms with E-state index in [1.54, 1.807) is 6.92 Å². The van der Waals surface area contributed by atoms with Crippen LogP contribution in [0.15, 0.2) is 0 Å². The van der Waals surface area contributed by atoms with E-state index in [9.17, 15) is 16.8 Å². The molecule has 11 heteroatoms. The molecule has 0 aliphatic heterocycles. The summed E-state index contributed by atoms with van der Waals surface area (Å²) in [6.45, 7) is 4.09. The van der Waals surface area contributed by atoms with Crippen LogP contribution in [0.1, 0.15) is 85.9 Å². The van der Waals surface area contributed by atoms with E-state index in [1.807, 2.05) is 0 Å². The Morgan fingerprint density at radius 2 is 0.962 bits per heavy atom. The van der Waals surface area contributed by atoms with E-state index in [1.165, 1.54) is 44.9 Å². The van der Waals surface area contributed by atoms with Gasteiger partial charge in [-0.3, -0.25) is 9.11 Å². The molecule has 0 aromatic carbocycles. The van der Waals surface area contributed by atoms with Gasteiger partial charge in [0.2, 0.25) is 0 Å². The third kappa shape index (κ3) is 35.8. The molecule has 0 aliphatic rings. The van der Waals surface area contributed by atoms with E-state index in [4.69, 9.17) is 9.11 Å². The van der Waals surface area contributed by atoms with Crippen LogP contribution in [0.4, 0.5) is 0 Å². The van der Waals surface area contributed by atoms with Gasteiger partial charge < -0.3 is 1.43 Å². The van der Waals surface area contributed by atoms with Gasteiger partial charge >= 0.3 is 50.4 Å². The van der Waals surface area contributed by atoms with E-state index >= 15 is 0 Å². The van der Waals surface area contributed by atoms with Crippen molar-refractivity contribution in [1.29, 1.82) is 0 Å². The average Bonchev–Trinajstić information content (AvgIpc) is 2.49. The molecule has 0 saturated carbocycles. The Labute approximate surface area is 183 Å². The normalized spacial score (nSPS) is 11.4. The molecule has 0 aliphatic carbocycles. The van der Waals surface area contributed by atoms with Crippen molar-refractivity contribution in [3.05, 3.63) is 0 Å². The summed E-state index contributed by atoms with van der Waals surface area (Å²) in [7, 11) is -8.42. The van der Waals surface area contributed by atoms with Crippen molar-refractivity contribution in [2.75, 3.05) is 13.2 Å². The van der Waals surface area contributed by atoms with Gasteiger partial charge in [0.1, 0.15) is 0 Å². The number of unbranched alkanes of at least 4 members (excludes halogenated alkanes) is 9. The monoisotopic (exact) mass is 430 g/mol. The number of rotatable bonds is 15. The average molecular weight is 431 g/mol. The molecular formula is C15H35NaO8S2. The third-order valence-electron chi connectivity index (χ3n) is 3.17. The summed E-state index contributed by atoms with van der Waals surface area (Å²) in [4.78, 5) is 0. The summed E-state index contributed by atoms with van der Waals surface area (Å²) >= 11 is 0. The van der Waals surface area contributed by atoms with Gasteiger partial charge in [0.05, 0.1) is 13.2 Å². The number of hydrogen-bond acceptors (Lipinski definition) is 6. The summed E-state index contributed by atoms with van der Waals surface area (Å²) in [5, 5.41) is 0. The zero-order valence-electron chi connectivity index (χ0n) is 17.4. The Kier molecular flexibility index (Phi) is 24.8. The molecule has 0 saturated heterocycles. The van der Waals surface area contributed by atoms with Crippen molar-refractivity contribution in [2.45, 2.75) is 84.5 Å². The Bertz CT molecular complexity index is 486. The summed E-state index contributed by atoms with van der Waals surface area (Å²) in [5.74, 6) is 0. The molecule has 0 rings (SSSR count). The van der Waals surface area contributed by atoms with Gasteiger partial charge in [-0.2, -0.15) is 16.8 Å². The van der Waals surface area contributed by atoms with Gasteiger partial charge in [-0.05, 0) is 12.8 Å². The van der Waals surface area contributed by atoms with Crippen LogP contribution in [-0.2, 0) is 29.2 Å². The van der Waals surface area contributed by atoms with Crippen LogP contribution in [-0.4, -0.2) is 39.2 Å². The molecule has 26 heavy (non-hydrogen) atoms. The van der Waals surface area contributed by atoms with Crippen molar-refractivity contribution < 1.29 is 65.3 Å². The fourth-order valence-electron chi connectivity index (χ4n) is 1.94. The van der Waals surface area contributed by atoms with Gasteiger partial charge in [-0.25, -0.2) is 8.37 Å². The maximum Gasteiger partial charge on any atom is 1.00 e. The van der Waals surface area contributed by atoms with E-state index in [2.05, 4.69) is 15.3 Å². The largest absolute Gasteiger partial charge is 1.00 e. The molecule has 0 aromatic heterocycles. The van der Waals surface area contributed by atoms with Gasteiger partial charge in [0.25, 0.3) is 0 Å². The van der Waals surface area contributed by atoms with E-state index in [-0.39, 0.29) is 44.2 Å². The molecule has 0 radical (unpaired) electrons. The Morgan fingerprint density at radius 1 is 0.615 bits per heavy atom. The zero-order chi connectivity index (χ0) is 19.6. The van der Waals surface area contributed by atoms with Crippen LogP contribution >= 0.6 is 0 Å². The first-order chi connectivity index (χ1) is 11.6. The fourth-order valence-corrected chi connectivity index (χ4v) is 2.65. The first kappa shape index (κ1) is 31.4. The van der Waals surface area contributed by atoms with Crippen LogP contribution in [0.3, 0.4) is 0 Å². The minimum Gasteiger partial charge on any atom is -1.00 e. The standard InChI is InChI=1S/C12H26O4S.C3H8O4S.Na.H/c1-2-3-4-5-6-7-8-9-10-11-12-16-17(13,14)15;1-2-3-7-8(4,5)6;;/h2-12H2,1H3,(H,13,14,15);2-3H2,1H3,(H,4,5,6);;/q;;+1;-1. The summed E-state index contributed by atoms with van der Waals surface area (Å²) < 4.78 is 64.2. The molecular weight excluding hydrogens is 395 g/mol. The molecule has 0 amide bonds. The molecule has 2 N–H and O–H groups in total. The van der Waals surface area contributed by atoms with Crippen molar-refractivity contribution >= 4 is 20.8 Å². The molecule has 0 fully saturated rings. The SMILES string of the molecule is CCCCCCCCCCCCOS(=O)(=O)O.CCCOS(=O)(=O)O.[H-].[Na+]. The van der Waals surface area contributed by atoms with Crippen LogP contribution in [0.25, 0.3) is 0 Å². The maximum atomic E-state index is 10.2. The van der Waals surface area contributed by atoms with Crippen LogP contribution in [0.2, 0.25) is 0 Å². The van der Waals surface area contributed by atoms with Crippen LogP contribution in [0.5, 0.6) is 0 Å². The Morgan fingerprint density at radius 3 is 1.27 bits per heavy atom. The summed E-state index contributed by atoms with van der Waals surface area (Å²) in [5.41, 5.74) is 0. The minimum atomic E-state index is -4.23. The van der Waals surface area contributed by atoms with Gasteiger partial charge in [0.15, 0.2) is 0 Å². The van der Waals surface area contributed by atoms with Crippen molar-refractivity contribution in [3.63, 3.8) is 0 Å². The quantitative estimate of drug-likeness (QED) is 0.224. The Hall–Kier alpha value is 0.740. The Balaban J connectivity index is -0.000000226. The molecule has 0 bridgehead atoms. The second-order valence-corrected chi connectivity index (χ2v) is 7.86. The van der Waals surface area contributed by atoms with Crippen molar-refractivity contribution in [1.82, 2.24) is 0 Å². The van der Waals surface area contributed by atoms with Gasteiger partial charge in [-0.15, -0.1) is 0 Å². The van der Waals surface area contributed by atoms with Crippen LogP contribution in [0, 0.1) is 0 Å². The second kappa shape index (κ2) is 20.5. The molecule has 0 unspecified atom stereocenters. The molecule has 156 valence electrons. The first-order valence-corrected chi connectivity index (χ1v) is 11.6. The first-order valence-electron chi connectivity index (χ1n) is 8.86. The molecule has 0 atom stereocenters. The summed E-state index contributed by atoms with van der Waals surface area (Å²) in [6, 6.07) is 0. The topological polar surface area (TPSA) is 127 Å². The zero-order valence-corrected chi connectivity index (χ0v) is 20.0. The molecule has 0 heterocycles. The van der Waals surface area contributed by atoms with Crippen molar-refractivity contribution in [3.8, 4) is 0 Å². The number of hydrogen-bond donors (Lipinski definition) is 2. The fraction of sp³-hybridized carbons (Fsp3) is 1.00. The van der Waals surface area contributed by atoms with E-state index in [0.717, 1.165) is 12.8 Å². The molecule has 0 spiro atoms. The van der Waals surface area contributed by atoms with Gasteiger partial charge in [-0.1, -0.05) is 71.6 Å². The third-order valence-corrected chi connectivity index (χ3v) is 4.10. The van der Waals surface area contributed by atoms with Crippen LogP contribution < -0.4 is 29.6 Å². The molecule has 8 nitrogen and oxygen atoms in total. The van der Waals surface area contributed by atoms with Gasteiger partial charge in [0, 0.05) is 0 Å². The van der Waals surface area contributed by atoms with Crippen molar-refractivity contribution in [2.24, 2.45) is 0 Å². The predicted molar refractivity (Wildman–Crippen MR) is 98.2 cm³/mol. The maximum absolute atomic E-state index is 10.2. The molecule has 0 aromatic rings. The smallest absolute Gasteiger partial charge is 1.00 e. The van der Waals surface area contributed by atoms with E-state index < -0.39 is 20.8 Å². The predicted octanol–water partition coefficient (Wildman–Crippen LogP) is 1.06. The van der Waals surface area contributed by atoms with E-state index in [0.29, 0.717) is 12.8 Å². The second-order valence-electron chi connectivity index (χ2n) is 5.68. The summed E-state index contributed by atoms with van der Waals surface area (Å²) in [6.07, 6.45) is 12.4.